The summed E-state index contributed by atoms with van der Waals surface area (Å²) in [5.41, 5.74) is 6.87. The molecule has 5 heteroatoms. The van der Waals surface area contributed by atoms with Gasteiger partial charge in [0.15, 0.2) is 5.82 Å². The van der Waals surface area contributed by atoms with Crippen molar-refractivity contribution in [1.82, 2.24) is 10.2 Å². The van der Waals surface area contributed by atoms with E-state index in [9.17, 15) is 4.79 Å². The van der Waals surface area contributed by atoms with Gasteiger partial charge in [-0.1, -0.05) is 6.92 Å². The zero-order valence-electron chi connectivity index (χ0n) is 6.22. The summed E-state index contributed by atoms with van der Waals surface area (Å²) in [4.78, 5) is 10.0. The first-order valence-corrected chi connectivity index (χ1v) is 3.32. The van der Waals surface area contributed by atoms with Crippen LogP contribution in [0.1, 0.15) is 12.6 Å². The van der Waals surface area contributed by atoms with Gasteiger partial charge in [-0.05, 0) is 6.42 Å². The molecule has 5 nitrogen and oxygen atoms in total. The van der Waals surface area contributed by atoms with Gasteiger partial charge in [0.1, 0.15) is 0 Å². The molecule has 0 saturated heterocycles. The Bertz CT molecular complexity index is 255. The van der Waals surface area contributed by atoms with Gasteiger partial charge in [-0.25, -0.2) is 0 Å². The molecule has 0 aliphatic carbocycles. The fourth-order valence-corrected chi connectivity index (χ4v) is 0.827. The predicted molar refractivity (Wildman–Crippen MR) is 42.1 cm³/mol. The standard InChI is InChI=1S/C6H10N4O/c1-2-4-5(7)6(8-3-11)10-9-4/h3H,2,7H2,1H3,(H2,8,9,10,11). The monoisotopic (exact) mass is 154 g/mol. The number of aromatic nitrogens is 2. The second-order valence-corrected chi connectivity index (χ2v) is 2.07. The van der Waals surface area contributed by atoms with Crippen molar-refractivity contribution in [3.8, 4) is 0 Å². The van der Waals surface area contributed by atoms with Crippen LogP contribution in [-0.2, 0) is 11.2 Å². The number of nitrogen functional groups attached to an aromatic ring is 1. The van der Waals surface area contributed by atoms with Gasteiger partial charge in [0, 0.05) is 0 Å². The van der Waals surface area contributed by atoms with Gasteiger partial charge in [0.25, 0.3) is 0 Å². The SMILES string of the molecule is CCc1n[nH]c(NC=O)c1N. The molecule has 0 unspecified atom stereocenters. The number of H-pyrrole nitrogens is 1. The molecule has 1 heterocycles. The molecular formula is C6H10N4O. The lowest BCUT2D eigenvalue weighted by Gasteiger charge is -1.94. The van der Waals surface area contributed by atoms with Gasteiger partial charge < -0.3 is 11.1 Å². The summed E-state index contributed by atoms with van der Waals surface area (Å²) in [6.45, 7) is 1.94. The number of hydrogen-bond acceptors (Lipinski definition) is 3. The second kappa shape index (κ2) is 3.05. The summed E-state index contributed by atoms with van der Waals surface area (Å²) in [6, 6.07) is 0. The van der Waals surface area contributed by atoms with Gasteiger partial charge in [0.2, 0.25) is 6.41 Å². The van der Waals surface area contributed by atoms with Crippen LogP contribution in [0, 0.1) is 0 Å². The number of hydrogen-bond donors (Lipinski definition) is 3. The van der Waals surface area contributed by atoms with Crippen LogP contribution in [0.25, 0.3) is 0 Å². The fourth-order valence-electron chi connectivity index (χ4n) is 0.827. The van der Waals surface area contributed by atoms with Crippen molar-refractivity contribution in [1.29, 1.82) is 0 Å². The van der Waals surface area contributed by atoms with Crippen LogP contribution in [0.5, 0.6) is 0 Å². The lowest BCUT2D eigenvalue weighted by atomic mass is 10.3. The molecule has 60 valence electrons. The molecule has 1 aromatic heterocycles. The topological polar surface area (TPSA) is 83.8 Å². The van der Waals surface area contributed by atoms with Crippen LogP contribution in [0.4, 0.5) is 11.5 Å². The Morgan fingerprint density at radius 1 is 1.82 bits per heavy atom. The molecule has 0 fully saturated rings. The third-order valence-electron chi connectivity index (χ3n) is 1.42. The first-order chi connectivity index (χ1) is 5.29. The summed E-state index contributed by atoms with van der Waals surface area (Å²) in [5, 5.41) is 8.90. The molecule has 0 saturated carbocycles. The smallest absolute Gasteiger partial charge is 0.212 e. The normalized spacial score (nSPS) is 9.55. The van der Waals surface area contributed by atoms with E-state index in [1.807, 2.05) is 6.92 Å². The molecule has 0 aliphatic heterocycles. The third-order valence-corrected chi connectivity index (χ3v) is 1.42. The molecule has 0 aliphatic rings. The Balaban J connectivity index is 2.90. The van der Waals surface area contributed by atoms with E-state index in [-0.39, 0.29) is 0 Å². The van der Waals surface area contributed by atoms with Crippen LogP contribution in [-0.4, -0.2) is 16.6 Å². The first-order valence-electron chi connectivity index (χ1n) is 3.32. The van der Waals surface area contributed by atoms with E-state index in [0.717, 1.165) is 12.1 Å². The minimum absolute atomic E-state index is 0.469. The number of carbonyl (C=O) groups excluding carboxylic acids is 1. The quantitative estimate of drug-likeness (QED) is 0.541. The van der Waals surface area contributed by atoms with Crippen molar-refractivity contribution in [3.05, 3.63) is 5.69 Å². The molecular weight excluding hydrogens is 144 g/mol. The summed E-state index contributed by atoms with van der Waals surface area (Å²) in [5.74, 6) is 0.469. The minimum Gasteiger partial charge on any atom is -0.394 e. The average Bonchev–Trinajstić information content (AvgIpc) is 2.34. The van der Waals surface area contributed by atoms with Crippen LogP contribution in [0.15, 0.2) is 0 Å². The Hall–Kier alpha value is -1.52. The number of anilines is 2. The number of aryl methyl sites for hydroxylation is 1. The summed E-state index contributed by atoms with van der Waals surface area (Å²) in [7, 11) is 0. The Morgan fingerprint density at radius 3 is 3.00 bits per heavy atom. The lowest BCUT2D eigenvalue weighted by molar-refractivity contribution is -0.105. The zero-order valence-corrected chi connectivity index (χ0v) is 6.22. The first kappa shape index (κ1) is 7.59. The summed E-state index contributed by atoms with van der Waals surface area (Å²) < 4.78 is 0. The van der Waals surface area contributed by atoms with Crippen molar-refractivity contribution in [2.24, 2.45) is 0 Å². The van der Waals surface area contributed by atoms with E-state index < -0.39 is 0 Å². The van der Waals surface area contributed by atoms with Crippen molar-refractivity contribution in [2.75, 3.05) is 11.1 Å². The van der Waals surface area contributed by atoms with Crippen molar-refractivity contribution < 1.29 is 4.79 Å². The maximum atomic E-state index is 10.0. The largest absolute Gasteiger partial charge is 0.394 e. The number of nitrogens with two attached hydrogens (primary N) is 1. The van der Waals surface area contributed by atoms with Crippen molar-refractivity contribution in [2.45, 2.75) is 13.3 Å². The average molecular weight is 154 g/mol. The highest BCUT2D eigenvalue weighted by Crippen LogP contribution is 2.18. The molecule has 0 radical (unpaired) electrons. The third kappa shape index (κ3) is 1.31. The molecule has 0 bridgehead atoms. The Labute approximate surface area is 64.0 Å². The maximum Gasteiger partial charge on any atom is 0.212 e. The maximum absolute atomic E-state index is 10.0. The number of nitrogens with one attached hydrogen (secondary N) is 2. The predicted octanol–water partition coefficient (Wildman–Crippen LogP) is 0.123. The molecule has 0 atom stereocenters. The van der Waals surface area contributed by atoms with Gasteiger partial charge in [0.05, 0.1) is 11.4 Å². The van der Waals surface area contributed by atoms with E-state index in [1.165, 1.54) is 0 Å². The van der Waals surface area contributed by atoms with Gasteiger partial charge in [-0.15, -0.1) is 0 Å². The molecule has 0 aromatic carbocycles. The van der Waals surface area contributed by atoms with Crippen LogP contribution in [0.3, 0.4) is 0 Å². The van der Waals surface area contributed by atoms with E-state index in [1.54, 1.807) is 0 Å². The molecule has 4 N–H and O–H groups in total. The van der Waals surface area contributed by atoms with Crippen LogP contribution < -0.4 is 11.1 Å². The van der Waals surface area contributed by atoms with Crippen LogP contribution in [0.2, 0.25) is 0 Å². The summed E-state index contributed by atoms with van der Waals surface area (Å²) in [6.07, 6.45) is 1.31. The van der Waals surface area contributed by atoms with Gasteiger partial charge >= 0.3 is 0 Å². The number of rotatable bonds is 3. The van der Waals surface area contributed by atoms with Crippen molar-refractivity contribution >= 4 is 17.9 Å². The lowest BCUT2D eigenvalue weighted by Crippen LogP contribution is -1.98. The van der Waals surface area contributed by atoms with Crippen molar-refractivity contribution in [3.63, 3.8) is 0 Å². The van der Waals surface area contributed by atoms with Crippen LogP contribution >= 0.6 is 0 Å². The molecule has 1 amide bonds. The number of nitrogens with zero attached hydrogens (tertiary/aromatic N) is 1. The summed E-state index contributed by atoms with van der Waals surface area (Å²) >= 11 is 0. The highest BCUT2D eigenvalue weighted by atomic mass is 16.1. The fraction of sp³-hybridized carbons (Fsp3) is 0.333. The highest BCUT2D eigenvalue weighted by molar-refractivity contribution is 5.77. The second-order valence-electron chi connectivity index (χ2n) is 2.07. The number of amides is 1. The van der Waals surface area contributed by atoms with Gasteiger partial charge in [-0.3, -0.25) is 9.89 Å². The van der Waals surface area contributed by atoms with E-state index in [4.69, 9.17) is 5.73 Å². The molecule has 0 spiro atoms. The van der Waals surface area contributed by atoms with E-state index in [0.29, 0.717) is 17.9 Å². The Kier molecular flexibility index (Phi) is 2.10. The highest BCUT2D eigenvalue weighted by Gasteiger charge is 2.05. The van der Waals surface area contributed by atoms with E-state index >= 15 is 0 Å². The Morgan fingerprint density at radius 2 is 2.55 bits per heavy atom. The zero-order chi connectivity index (χ0) is 8.27. The molecule has 1 aromatic rings. The molecule has 1 rings (SSSR count). The molecule has 11 heavy (non-hydrogen) atoms. The van der Waals surface area contributed by atoms with E-state index in [2.05, 4.69) is 15.5 Å². The van der Waals surface area contributed by atoms with Gasteiger partial charge in [-0.2, -0.15) is 5.10 Å². The number of aromatic amines is 1. The number of carbonyl (C=O) groups is 1. The minimum atomic E-state index is 0.469.